The molecular formula is C20H31NO. The smallest absolute Gasteiger partial charge is 0.0575 e. The highest BCUT2D eigenvalue weighted by Crippen LogP contribution is 2.33. The molecule has 1 saturated heterocycles. The summed E-state index contributed by atoms with van der Waals surface area (Å²) in [6.07, 6.45) is 11.0. The number of hydrogen-bond donors (Lipinski definition) is 0. The molecule has 0 spiro atoms. The van der Waals surface area contributed by atoms with Crippen LogP contribution in [0.4, 0.5) is 0 Å². The van der Waals surface area contributed by atoms with Crippen LogP contribution in [0.3, 0.4) is 0 Å². The van der Waals surface area contributed by atoms with Gasteiger partial charge in [-0.15, -0.1) is 0 Å². The minimum absolute atomic E-state index is 0.515. The first kappa shape index (κ1) is 16.0. The number of ether oxygens (including phenoxy) is 1. The zero-order valence-corrected chi connectivity index (χ0v) is 13.9. The molecule has 1 heterocycles. The third kappa shape index (κ3) is 4.82. The van der Waals surface area contributed by atoms with Gasteiger partial charge in [0, 0.05) is 13.2 Å². The van der Waals surface area contributed by atoms with Crippen LogP contribution < -0.4 is 0 Å². The Morgan fingerprint density at radius 2 is 1.64 bits per heavy atom. The van der Waals surface area contributed by atoms with E-state index in [0.29, 0.717) is 6.10 Å². The summed E-state index contributed by atoms with van der Waals surface area (Å²) in [5, 5.41) is 0. The third-order valence-corrected chi connectivity index (χ3v) is 5.37. The number of rotatable bonds is 6. The lowest BCUT2D eigenvalue weighted by atomic mass is 9.83. The average Bonchev–Trinajstić information content (AvgIpc) is 2.61. The van der Waals surface area contributed by atoms with Crippen molar-refractivity contribution in [1.82, 2.24) is 4.90 Å². The average molecular weight is 301 g/mol. The van der Waals surface area contributed by atoms with Gasteiger partial charge in [0.25, 0.3) is 0 Å². The molecule has 22 heavy (non-hydrogen) atoms. The summed E-state index contributed by atoms with van der Waals surface area (Å²) in [6.45, 7) is 4.81. The van der Waals surface area contributed by atoms with E-state index in [2.05, 4.69) is 35.2 Å². The summed E-state index contributed by atoms with van der Waals surface area (Å²) in [7, 11) is 0. The molecule has 1 saturated carbocycles. The standard InChI is InChI=1S/C20H31NO/c1-3-8-18(9-4-1)19-10-12-20(13-11-19)22-17-7-16-21-14-5-2-6-15-21/h1,3-4,8-9,19-20H,2,5-7,10-17H2. The Labute approximate surface area is 135 Å². The van der Waals surface area contributed by atoms with Gasteiger partial charge in [-0.05, 0) is 69.5 Å². The molecule has 0 N–H and O–H groups in total. The fourth-order valence-electron chi connectivity index (χ4n) is 4.01. The van der Waals surface area contributed by atoms with Crippen molar-refractivity contribution in [3.63, 3.8) is 0 Å². The van der Waals surface area contributed by atoms with E-state index >= 15 is 0 Å². The van der Waals surface area contributed by atoms with Crippen molar-refractivity contribution in [2.45, 2.75) is 63.4 Å². The molecule has 0 atom stereocenters. The van der Waals surface area contributed by atoms with E-state index in [-0.39, 0.29) is 0 Å². The van der Waals surface area contributed by atoms with Gasteiger partial charge in [0.1, 0.15) is 0 Å². The van der Waals surface area contributed by atoms with Crippen molar-refractivity contribution in [3.8, 4) is 0 Å². The fourth-order valence-corrected chi connectivity index (χ4v) is 4.01. The van der Waals surface area contributed by atoms with Crippen LogP contribution in [0, 0.1) is 0 Å². The lowest BCUT2D eigenvalue weighted by Gasteiger charge is -2.30. The first-order chi connectivity index (χ1) is 10.9. The number of nitrogens with zero attached hydrogens (tertiary/aromatic N) is 1. The monoisotopic (exact) mass is 301 g/mol. The maximum atomic E-state index is 6.13. The molecule has 2 aliphatic rings. The normalized spacial score (nSPS) is 26.9. The summed E-state index contributed by atoms with van der Waals surface area (Å²) < 4.78 is 6.13. The van der Waals surface area contributed by atoms with Gasteiger partial charge in [-0.2, -0.15) is 0 Å². The largest absolute Gasteiger partial charge is 0.378 e. The molecule has 2 fully saturated rings. The molecule has 0 radical (unpaired) electrons. The number of likely N-dealkylation sites (tertiary alicyclic amines) is 1. The van der Waals surface area contributed by atoms with Gasteiger partial charge < -0.3 is 9.64 Å². The maximum Gasteiger partial charge on any atom is 0.0575 e. The summed E-state index contributed by atoms with van der Waals surface area (Å²) in [4.78, 5) is 2.61. The van der Waals surface area contributed by atoms with Gasteiger partial charge in [0.05, 0.1) is 6.10 Å². The van der Waals surface area contributed by atoms with Crippen LogP contribution in [-0.4, -0.2) is 37.2 Å². The molecule has 2 nitrogen and oxygen atoms in total. The van der Waals surface area contributed by atoms with Gasteiger partial charge in [0.2, 0.25) is 0 Å². The molecule has 0 bridgehead atoms. The van der Waals surface area contributed by atoms with Gasteiger partial charge >= 0.3 is 0 Å². The summed E-state index contributed by atoms with van der Waals surface area (Å²) in [5.74, 6) is 0.759. The molecule has 0 aromatic heterocycles. The van der Waals surface area contributed by atoms with Crippen LogP contribution in [0.2, 0.25) is 0 Å². The quantitative estimate of drug-likeness (QED) is 0.712. The summed E-state index contributed by atoms with van der Waals surface area (Å²) >= 11 is 0. The second kappa shape index (κ2) is 8.69. The molecule has 0 unspecified atom stereocenters. The Hall–Kier alpha value is -0.860. The first-order valence-corrected chi connectivity index (χ1v) is 9.31. The van der Waals surface area contributed by atoms with E-state index in [0.717, 1.165) is 12.5 Å². The van der Waals surface area contributed by atoms with Crippen LogP contribution in [0.25, 0.3) is 0 Å². The second-order valence-corrected chi connectivity index (χ2v) is 7.01. The van der Waals surface area contributed by atoms with E-state index in [1.807, 2.05) is 0 Å². The van der Waals surface area contributed by atoms with Crippen molar-refractivity contribution in [2.24, 2.45) is 0 Å². The summed E-state index contributed by atoms with van der Waals surface area (Å²) in [5.41, 5.74) is 1.52. The van der Waals surface area contributed by atoms with E-state index in [1.165, 1.54) is 76.6 Å². The molecule has 3 rings (SSSR count). The highest BCUT2D eigenvalue weighted by molar-refractivity contribution is 5.19. The highest BCUT2D eigenvalue weighted by Gasteiger charge is 2.22. The minimum atomic E-state index is 0.515. The lowest BCUT2D eigenvalue weighted by molar-refractivity contribution is 0.0193. The number of piperidine rings is 1. The predicted molar refractivity (Wildman–Crippen MR) is 92.3 cm³/mol. The molecule has 1 aliphatic heterocycles. The molecule has 0 amide bonds. The number of hydrogen-bond acceptors (Lipinski definition) is 2. The Morgan fingerprint density at radius 1 is 0.909 bits per heavy atom. The second-order valence-electron chi connectivity index (χ2n) is 7.01. The number of benzene rings is 1. The Morgan fingerprint density at radius 3 is 2.36 bits per heavy atom. The lowest BCUT2D eigenvalue weighted by Crippen LogP contribution is -2.31. The molecule has 1 aromatic rings. The SMILES string of the molecule is c1ccc(C2CCC(OCCCN3CCCCC3)CC2)cc1. The van der Waals surface area contributed by atoms with Crippen molar-refractivity contribution >= 4 is 0 Å². The van der Waals surface area contributed by atoms with Crippen LogP contribution in [0.15, 0.2) is 30.3 Å². The van der Waals surface area contributed by atoms with Crippen molar-refractivity contribution < 1.29 is 4.74 Å². The van der Waals surface area contributed by atoms with Gasteiger partial charge in [-0.1, -0.05) is 36.8 Å². The predicted octanol–water partition coefficient (Wildman–Crippen LogP) is 4.61. The van der Waals surface area contributed by atoms with Crippen molar-refractivity contribution in [3.05, 3.63) is 35.9 Å². The van der Waals surface area contributed by atoms with E-state index in [9.17, 15) is 0 Å². The maximum absolute atomic E-state index is 6.13. The molecule has 1 aliphatic carbocycles. The highest BCUT2D eigenvalue weighted by atomic mass is 16.5. The Kier molecular flexibility index (Phi) is 6.32. The van der Waals surface area contributed by atoms with Crippen LogP contribution in [-0.2, 0) is 4.74 Å². The van der Waals surface area contributed by atoms with Gasteiger partial charge in [0.15, 0.2) is 0 Å². The Bertz CT molecular complexity index is 405. The van der Waals surface area contributed by atoms with Crippen molar-refractivity contribution in [2.75, 3.05) is 26.2 Å². The van der Waals surface area contributed by atoms with Gasteiger partial charge in [-0.3, -0.25) is 0 Å². The molecular weight excluding hydrogens is 270 g/mol. The summed E-state index contributed by atoms with van der Waals surface area (Å²) in [6, 6.07) is 11.0. The van der Waals surface area contributed by atoms with E-state index < -0.39 is 0 Å². The van der Waals surface area contributed by atoms with E-state index in [1.54, 1.807) is 0 Å². The van der Waals surface area contributed by atoms with Crippen molar-refractivity contribution in [1.29, 1.82) is 0 Å². The zero-order chi connectivity index (χ0) is 15.0. The minimum Gasteiger partial charge on any atom is -0.378 e. The molecule has 1 aromatic carbocycles. The topological polar surface area (TPSA) is 12.5 Å². The van der Waals surface area contributed by atoms with Crippen LogP contribution in [0.5, 0.6) is 0 Å². The third-order valence-electron chi connectivity index (χ3n) is 5.37. The van der Waals surface area contributed by atoms with Crippen LogP contribution >= 0.6 is 0 Å². The zero-order valence-electron chi connectivity index (χ0n) is 13.9. The van der Waals surface area contributed by atoms with Crippen LogP contribution in [0.1, 0.15) is 62.8 Å². The van der Waals surface area contributed by atoms with E-state index in [4.69, 9.17) is 4.74 Å². The molecule has 2 heteroatoms. The first-order valence-electron chi connectivity index (χ1n) is 9.31. The Balaban J connectivity index is 1.29. The molecule has 122 valence electrons. The fraction of sp³-hybridized carbons (Fsp3) is 0.700. The van der Waals surface area contributed by atoms with Gasteiger partial charge in [-0.25, -0.2) is 0 Å².